The van der Waals surface area contributed by atoms with Crippen LogP contribution < -0.4 is 9.80 Å². The topological polar surface area (TPSA) is 117 Å². The van der Waals surface area contributed by atoms with E-state index in [2.05, 4.69) is 22.8 Å². The fourth-order valence-corrected chi connectivity index (χ4v) is 7.82. The molecule has 0 unspecified atom stereocenters. The van der Waals surface area contributed by atoms with Crippen molar-refractivity contribution in [1.29, 1.82) is 5.26 Å². The molecular formula is C28H31N9O2S2. The Hall–Kier alpha value is -3.57. The number of carbonyl (C=O) groups excluding carboxylic acids is 1. The largest absolute Gasteiger partial charge is 0.389 e. The van der Waals surface area contributed by atoms with Crippen molar-refractivity contribution in [2.45, 2.75) is 26.4 Å². The highest BCUT2D eigenvalue weighted by molar-refractivity contribution is 7.20. The van der Waals surface area contributed by atoms with Gasteiger partial charge in [0.05, 0.1) is 18.3 Å². The maximum Gasteiger partial charge on any atom is 0.236 e. The van der Waals surface area contributed by atoms with Crippen molar-refractivity contribution in [2.75, 3.05) is 62.7 Å². The minimum absolute atomic E-state index is 0.110. The molecule has 1 aromatic carbocycles. The molecule has 7 rings (SSSR count). The maximum atomic E-state index is 12.3. The molecule has 3 aromatic heterocycles. The number of aliphatic hydroxyl groups excluding tert-OH is 1. The van der Waals surface area contributed by atoms with E-state index in [1.54, 1.807) is 16.2 Å². The van der Waals surface area contributed by atoms with Gasteiger partial charge in [-0.2, -0.15) is 9.78 Å². The number of hydrogen-bond acceptors (Lipinski definition) is 11. The number of nitriles is 1. The summed E-state index contributed by atoms with van der Waals surface area (Å²) in [5, 5.41) is 25.9. The van der Waals surface area contributed by atoms with Crippen LogP contribution in [0.4, 0.5) is 16.1 Å². The van der Waals surface area contributed by atoms with Crippen LogP contribution in [0.1, 0.15) is 23.1 Å². The average molecular weight is 590 g/mol. The lowest BCUT2D eigenvalue weighted by Gasteiger charge is -2.60. The molecule has 0 aliphatic carbocycles. The van der Waals surface area contributed by atoms with E-state index in [0.29, 0.717) is 30.2 Å². The SMILES string of the molecule is CCc1nc2sc(N3CC4(CN(CC(=O)N5CC(O)C5)C4)C3)nn2c1N(C)c1nc(-c2ccc(C)cc2)c(C#N)s1. The number of aliphatic hydroxyl groups is 1. The van der Waals surface area contributed by atoms with Crippen molar-refractivity contribution in [3.05, 3.63) is 40.4 Å². The summed E-state index contributed by atoms with van der Waals surface area (Å²) < 4.78 is 1.91. The lowest BCUT2D eigenvalue weighted by Crippen LogP contribution is -2.73. The van der Waals surface area contributed by atoms with Gasteiger partial charge < -0.3 is 19.8 Å². The van der Waals surface area contributed by atoms with Gasteiger partial charge in [-0.25, -0.2) is 9.97 Å². The molecule has 1 N–H and O–H groups in total. The molecule has 41 heavy (non-hydrogen) atoms. The number of aromatic nitrogens is 4. The van der Waals surface area contributed by atoms with Crippen molar-refractivity contribution in [3.8, 4) is 17.3 Å². The molecule has 1 amide bonds. The number of carbonyl (C=O) groups is 1. The van der Waals surface area contributed by atoms with Gasteiger partial charge in [-0.15, -0.1) is 5.10 Å². The van der Waals surface area contributed by atoms with Crippen LogP contribution in [0.5, 0.6) is 0 Å². The first-order valence-electron chi connectivity index (χ1n) is 13.8. The molecule has 0 radical (unpaired) electrons. The zero-order valence-electron chi connectivity index (χ0n) is 23.2. The number of nitrogens with zero attached hydrogens (tertiary/aromatic N) is 9. The molecule has 3 saturated heterocycles. The summed E-state index contributed by atoms with van der Waals surface area (Å²) in [7, 11) is 1.96. The van der Waals surface area contributed by atoms with E-state index >= 15 is 0 Å². The Labute approximate surface area is 245 Å². The summed E-state index contributed by atoms with van der Waals surface area (Å²) >= 11 is 2.97. The van der Waals surface area contributed by atoms with Crippen LogP contribution in [0.2, 0.25) is 0 Å². The van der Waals surface area contributed by atoms with Gasteiger partial charge in [-0.3, -0.25) is 9.69 Å². The number of thiazole rings is 1. The molecule has 3 fully saturated rings. The molecule has 11 nitrogen and oxygen atoms in total. The third-order valence-corrected chi connectivity index (χ3v) is 10.2. The second-order valence-electron chi connectivity index (χ2n) is 11.5. The summed E-state index contributed by atoms with van der Waals surface area (Å²) in [5.41, 5.74) is 3.95. The predicted octanol–water partition coefficient (Wildman–Crippen LogP) is 2.75. The number of imidazole rings is 1. The molecule has 0 bridgehead atoms. The molecule has 13 heteroatoms. The number of β-amino-alcohol motifs (C(OH)–C–C–N with tert-alkyl or cyclic N) is 1. The highest BCUT2D eigenvalue weighted by Gasteiger charge is 2.53. The second-order valence-corrected chi connectivity index (χ2v) is 13.4. The Bertz CT molecular complexity index is 1660. The third kappa shape index (κ3) is 4.46. The third-order valence-electron chi connectivity index (χ3n) is 8.24. The lowest BCUT2D eigenvalue weighted by molar-refractivity contribution is -0.146. The zero-order chi connectivity index (χ0) is 28.5. The van der Waals surface area contributed by atoms with E-state index in [9.17, 15) is 15.2 Å². The first kappa shape index (κ1) is 26.3. The minimum atomic E-state index is -0.359. The lowest BCUT2D eigenvalue weighted by atomic mass is 9.73. The molecule has 0 atom stereocenters. The van der Waals surface area contributed by atoms with Gasteiger partial charge in [-0.05, 0) is 13.3 Å². The Kier molecular flexibility index (Phi) is 6.27. The second kappa shape index (κ2) is 9.77. The van der Waals surface area contributed by atoms with Gasteiger partial charge in [0.15, 0.2) is 10.9 Å². The summed E-state index contributed by atoms with van der Waals surface area (Å²) in [6.45, 7) is 9.15. The van der Waals surface area contributed by atoms with Crippen LogP contribution in [0.15, 0.2) is 24.3 Å². The first-order chi connectivity index (χ1) is 19.8. The van der Waals surface area contributed by atoms with Gasteiger partial charge in [-0.1, -0.05) is 59.4 Å². The van der Waals surface area contributed by atoms with Crippen molar-refractivity contribution in [1.82, 2.24) is 29.4 Å². The summed E-state index contributed by atoms with van der Waals surface area (Å²) in [6.07, 6.45) is 0.396. The Morgan fingerprint density at radius 2 is 1.90 bits per heavy atom. The smallest absolute Gasteiger partial charge is 0.236 e. The fourth-order valence-electron chi connectivity index (χ4n) is 6.06. The van der Waals surface area contributed by atoms with Gasteiger partial charge in [0.25, 0.3) is 0 Å². The van der Waals surface area contributed by atoms with Gasteiger partial charge >= 0.3 is 0 Å². The Morgan fingerprint density at radius 3 is 2.56 bits per heavy atom. The highest BCUT2D eigenvalue weighted by atomic mass is 32.1. The molecule has 3 aliphatic heterocycles. The predicted molar refractivity (Wildman–Crippen MR) is 159 cm³/mol. The monoisotopic (exact) mass is 589 g/mol. The van der Waals surface area contributed by atoms with Crippen molar-refractivity contribution in [2.24, 2.45) is 5.41 Å². The van der Waals surface area contributed by atoms with E-state index in [1.807, 2.05) is 47.7 Å². The first-order valence-corrected chi connectivity index (χ1v) is 15.4. The maximum absolute atomic E-state index is 12.3. The minimum Gasteiger partial charge on any atom is -0.389 e. The van der Waals surface area contributed by atoms with E-state index in [4.69, 9.17) is 15.1 Å². The van der Waals surface area contributed by atoms with Crippen LogP contribution in [0.3, 0.4) is 0 Å². The van der Waals surface area contributed by atoms with Gasteiger partial charge in [0.2, 0.25) is 16.0 Å². The van der Waals surface area contributed by atoms with E-state index in [-0.39, 0.29) is 17.4 Å². The van der Waals surface area contributed by atoms with Crippen molar-refractivity contribution in [3.63, 3.8) is 0 Å². The van der Waals surface area contributed by atoms with E-state index in [1.165, 1.54) is 11.3 Å². The molecule has 3 aliphatic rings. The number of rotatable bonds is 7. The molecule has 6 heterocycles. The molecule has 0 saturated carbocycles. The number of amides is 1. The van der Waals surface area contributed by atoms with Crippen LogP contribution in [-0.2, 0) is 11.2 Å². The normalized spacial score (nSPS) is 18.3. The number of likely N-dealkylation sites (tertiary alicyclic amines) is 2. The van der Waals surface area contributed by atoms with Gasteiger partial charge in [0, 0.05) is 57.3 Å². The molecule has 4 aromatic rings. The fraction of sp³-hybridized carbons (Fsp3) is 0.464. The number of hydrogen-bond donors (Lipinski definition) is 1. The van der Waals surface area contributed by atoms with Gasteiger partial charge in [0.1, 0.15) is 16.6 Å². The quantitative estimate of drug-likeness (QED) is 0.347. The Balaban J connectivity index is 1.07. The number of aryl methyl sites for hydroxylation is 2. The molecule has 212 valence electrons. The summed E-state index contributed by atoms with van der Waals surface area (Å²) in [4.78, 5) is 31.8. The van der Waals surface area contributed by atoms with E-state index < -0.39 is 0 Å². The standard InChI is InChI=1S/C28H31N9O2S2/c1-4-20-24(33(3)25-31-23(21(9-29)40-25)18-7-5-17(2)6-8-18)37-26(30-20)41-27(32-37)36-15-28(16-36)13-34(14-28)12-22(39)35-10-19(38)11-35/h5-8,19,38H,4,10-16H2,1-3H3. The Morgan fingerprint density at radius 1 is 1.17 bits per heavy atom. The van der Waals surface area contributed by atoms with Crippen LogP contribution in [0.25, 0.3) is 16.2 Å². The summed E-state index contributed by atoms with van der Waals surface area (Å²) in [6, 6.07) is 10.4. The summed E-state index contributed by atoms with van der Waals surface area (Å²) in [5.74, 6) is 0.984. The van der Waals surface area contributed by atoms with Crippen LogP contribution in [0, 0.1) is 23.7 Å². The van der Waals surface area contributed by atoms with Crippen LogP contribution >= 0.6 is 22.7 Å². The average Bonchev–Trinajstić information content (AvgIpc) is 3.59. The van der Waals surface area contributed by atoms with E-state index in [0.717, 1.165) is 70.5 Å². The number of fused-ring (bicyclic) bond motifs is 1. The molecular weight excluding hydrogens is 559 g/mol. The van der Waals surface area contributed by atoms with Crippen molar-refractivity contribution < 1.29 is 9.90 Å². The zero-order valence-corrected chi connectivity index (χ0v) is 24.9. The number of anilines is 3. The van der Waals surface area contributed by atoms with Crippen LogP contribution in [-0.4, -0.2) is 99.4 Å². The molecule has 1 spiro atoms. The van der Waals surface area contributed by atoms with Crippen molar-refractivity contribution >= 4 is 49.6 Å². The highest BCUT2D eigenvalue weighted by Crippen LogP contribution is 2.44. The number of benzene rings is 1.